The number of aromatic nitrogens is 1. The number of fused-ring (bicyclic) bond motifs is 1. The van der Waals surface area contributed by atoms with Crippen molar-refractivity contribution < 1.29 is 57.6 Å². The van der Waals surface area contributed by atoms with E-state index in [2.05, 4.69) is 15.2 Å². The number of hydrogen-bond acceptors (Lipinski definition) is 13. The Bertz CT molecular complexity index is 1960. The van der Waals surface area contributed by atoms with Crippen molar-refractivity contribution in [3.05, 3.63) is 36.0 Å². The predicted molar refractivity (Wildman–Crippen MR) is 227 cm³/mol. The van der Waals surface area contributed by atoms with Crippen LogP contribution < -0.4 is 10.1 Å². The zero-order chi connectivity index (χ0) is 46.2. The zero-order valence-electron chi connectivity index (χ0n) is 36.0. The van der Waals surface area contributed by atoms with Gasteiger partial charge in [-0.05, 0) is 75.4 Å². The Morgan fingerprint density at radius 2 is 1.41 bits per heavy atom. The van der Waals surface area contributed by atoms with Gasteiger partial charge in [-0.1, -0.05) is 0 Å². The Morgan fingerprint density at radius 1 is 0.797 bits per heavy atom. The molecule has 0 bridgehead atoms. The normalized spacial score (nSPS) is 20.3. The molecule has 19 nitrogen and oxygen atoms in total. The standard InChI is InChI=1S/C43H59F2N9O10/c44-43(45)24-32(25-46)54(30-43)37(55)26-48-42(63)34-8-9-47-36-7-6-33(23-35(34)36)64-21-3-12-49-17-19-53(20-18-49)38(56)27-52-15-13-50(28-40(59)60)10-1-4-31(22-39(57)58)5-2-11-51(14-16-52)29-41(61)62/h6-9,23,31-32H,1-5,10-22,24,26-30H2,(H,48,63)(H,57,58)(H,59,60)(H,61,62)/t32-/m0/s1. The van der Waals surface area contributed by atoms with Crippen LogP contribution in [0, 0.1) is 17.2 Å². The van der Waals surface area contributed by atoms with Gasteiger partial charge >= 0.3 is 17.9 Å². The van der Waals surface area contributed by atoms with Gasteiger partial charge in [-0.2, -0.15) is 5.26 Å². The molecule has 4 heterocycles. The van der Waals surface area contributed by atoms with E-state index in [1.807, 2.05) is 9.80 Å². The van der Waals surface area contributed by atoms with Gasteiger partial charge in [-0.15, -0.1) is 0 Å². The van der Waals surface area contributed by atoms with Crippen LogP contribution in [0.4, 0.5) is 8.78 Å². The monoisotopic (exact) mass is 899 g/mol. The van der Waals surface area contributed by atoms with Gasteiger partial charge in [0.1, 0.15) is 11.8 Å². The van der Waals surface area contributed by atoms with E-state index < -0.39 is 61.2 Å². The number of benzene rings is 1. The maximum absolute atomic E-state index is 13.8. The fourth-order valence-electron chi connectivity index (χ4n) is 8.51. The molecule has 21 heteroatoms. The number of likely N-dealkylation sites (tertiary alicyclic amines) is 1. The average molecular weight is 900 g/mol. The summed E-state index contributed by atoms with van der Waals surface area (Å²) in [6, 6.07) is 7.03. The minimum Gasteiger partial charge on any atom is -0.494 e. The van der Waals surface area contributed by atoms with Crippen molar-refractivity contribution in [3.8, 4) is 11.8 Å². The first-order valence-corrected chi connectivity index (χ1v) is 21.8. The molecule has 1 aromatic heterocycles. The smallest absolute Gasteiger partial charge is 0.317 e. The molecule has 3 aliphatic rings. The summed E-state index contributed by atoms with van der Waals surface area (Å²) in [5, 5.41) is 40.7. The van der Waals surface area contributed by atoms with Crippen LogP contribution in [0.2, 0.25) is 0 Å². The number of rotatable bonds is 16. The van der Waals surface area contributed by atoms with Crippen molar-refractivity contribution in [2.24, 2.45) is 5.92 Å². The number of piperazine rings is 1. The molecule has 0 saturated carbocycles. The van der Waals surface area contributed by atoms with E-state index in [1.54, 1.807) is 34.1 Å². The minimum absolute atomic E-state index is 0.00563. The van der Waals surface area contributed by atoms with Gasteiger partial charge in [-0.3, -0.25) is 53.4 Å². The fourth-order valence-corrected chi connectivity index (χ4v) is 8.51. The Morgan fingerprint density at radius 3 is 2.00 bits per heavy atom. The first kappa shape index (κ1) is 49.5. The van der Waals surface area contributed by atoms with Crippen molar-refractivity contribution in [2.75, 3.05) is 111 Å². The topological polar surface area (TPSA) is 240 Å². The number of amides is 3. The predicted octanol–water partition coefficient (Wildman–Crippen LogP) is 1.38. The van der Waals surface area contributed by atoms with Crippen LogP contribution in [0.5, 0.6) is 5.75 Å². The van der Waals surface area contributed by atoms with Gasteiger partial charge in [0.2, 0.25) is 11.8 Å². The summed E-state index contributed by atoms with van der Waals surface area (Å²) in [5.41, 5.74) is 0.716. The molecule has 0 aliphatic carbocycles. The first-order chi connectivity index (χ1) is 30.6. The number of nitrogens with zero attached hydrogens (tertiary/aromatic N) is 8. The second-order valence-electron chi connectivity index (χ2n) is 16.7. The molecule has 3 amide bonds. The summed E-state index contributed by atoms with van der Waals surface area (Å²) in [4.78, 5) is 89.0. The highest BCUT2D eigenvalue weighted by Crippen LogP contribution is 2.31. The largest absolute Gasteiger partial charge is 0.494 e. The number of ether oxygens (including phenoxy) is 1. The third-order valence-corrected chi connectivity index (χ3v) is 11.9. The van der Waals surface area contributed by atoms with Crippen LogP contribution in [-0.4, -0.2) is 209 Å². The van der Waals surface area contributed by atoms with Gasteiger partial charge in [-0.25, -0.2) is 8.78 Å². The number of aliphatic carboxylic acids is 3. The summed E-state index contributed by atoms with van der Waals surface area (Å²) in [6.07, 6.45) is 3.84. The van der Waals surface area contributed by atoms with Crippen LogP contribution in [0.3, 0.4) is 0 Å². The number of halogens is 2. The number of carboxylic acid groups (broad SMARTS) is 3. The summed E-state index contributed by atoms with van der Waals surface area (Å²) in [7, 11) is 0. The Labute approximate surface area is 370 Å². The van der Waals surface area contributed by atoms with Crippen LogP contribution in [0.1, 0.15) is 55.3 Å². The van der Waals surface area contributed by atoms with Crippen molar-refractivity contribution in [3.63, 3.8) is 0 Å². The molecule has 350 valence electrons. The number of nitrogens with one attached hydrogen (secondary N) is 1. The summed E-state index contributed by atoms with van der Waals surface area (Å²) >= 11 is 0. The van der Waals surface area contributed by atoms with Gasteiger partial charge in [0.05, 0.1) is 56.5 Å². The average Bonchev–Trinajstić information content (AvgIpc) is 3.58. The second-order valence-corrected chi connectivity index (χ2v) is 16.7. The minimum atomic E-state index is -3.17. The molecular weight excluding hydrogens is 841 g/mol. The van der Waals surface area contributed by atoms with Gasteiger partial charge in [0.15, 0.2) is 0 Å². The summed E-state index contributed by atoms with van der Waals surface area (Å²) < 4.78 is 33.7. The Balaban J connectivity index is 1.08. The summed E-state index contributed by atoms with van der Waals surface area (Å²) in [5.74, 6) is -7.08. The third-order valence-electron chi connectivity index (χ3n) is 11.9. The maximum Gasteiger partial charge on any atom is 0.317 e. The lowest BCUT2D eigenvalue weighted by Gasteiger charge is -2.36. The number of carbonyl (C=O) groups excluding carboxylic acids is 3. The molecular formula is C43H59F2N9O10. The quantitative estimate of drug-likeness (QED) is 0.174. The molecule has 3 saturated heterocycles. The van der Waals surface area contributed by atoms with Crippen LogP contribution in [0.15, 0.2) is 30.5 Å². The molecule has 64 heavy (non-hydrogen) atoms. The maximum atomic E-state index is 13.8. The molecule has 0 spiro atoms. The van der Waals surface area contributed by atoms with Crippen molar-refractivity contribution in [1.29, 1.82) is 5.26 Å². The number of carboxylic acids is 3. The molecule has 5 rings (SSSR count). The second kappa shape index (κ2) is 23.9. The Kier molecular flexibility index (Phi) is 18.5. The van der Waals surface area contributed by atoms with Crippen LogP contribution >= 0.6 is 0 Å². The molecule has 1 aromatic carbocycles. The fraction of sp³-hybridized carbons (Fsp3) is 0.628. The lowest BCUT2D eigenvalue weighted by atomic mass is 9.94. The lowest BCUT2D eigenvalue weighted by Crippen LogP contribution is -2.52. The number of nitriles is 1. The molecule has 3 aliphatic heterocycles. The first-order valence-electron chi connectivity index (χ1n) is 21.8. The third kappa shape index (κ3) is 15.6. The highest BCUT2D eigenvalue weighted by molar-refractivity contribution is 6.07. The van der Waals surface area contributed by atoms with E-state index in [-0.39, 0.29) is 43.4 Å². The van der Waals surface area contributed by atoms with Gasteiger partial charge in [0.25, 0.3) is 11.8 Å². The molecule has 0 radical (unpaired) electrons. The SMILES string of the molecule is N#C[C@@H]1CC(F)(F)CN1C(=O)CNC(=O)c1ccnc2ccc(OCCCN3CCN(C(=O)CN4CCN(CC(=O)O)CCCC(CC(=O)O)CCCN(CC(=O)O)CC4)CC3)cc12. The number of pyridine rings is 1. The zero-order valence-corrected chi connectivity index (χ0v) is 36.0. The highest BCUT2D eigenvalue weighted by atomic mass is 19.3. The van der Waals surface area contributed by atoms with Gasteiger partial charge in [0, 0.05) is 83.3 Å². The molecule has 3 fully saturated rings. The number of alkyl halides is 2. The van der Waals surface area contributed by atoms with Crippen molar-refractivity contribution in [2.45, 2.75) is 56.9 Å². The molecule has 0 unspecified atom stereocenters. The van der Waals surface area contributed by atoms with E-state index in [0.717, 1.165) is 4.90 Å². The molecule has 2 aromatic rings. The van der Waals surface area contributed by atoms with E-state index in [9.17, 15) is 58.1 Å². The number of carbonyl (C=O) groups is 6. The number of hydrogen-bond donors (Lipinski definition) is 4. The summed E-state index contributed by atoms with van der Waals surface area (Å²) in [6.45, 7) is 4.19. The van der Waals surface area contributed by atoms with Gasteiger partial charge < -0.3 is 35.2 Å². The molecule has 1 atom stereocenters. The van der Waals surface area contributed by atoms with Crippen molar-refractivity contribution in [1.82, 2.24) is 39.7 Å². The van der Waals surface area contributed by atoms with Crippen LogP contribution in [-0.2, 0) is 24.0 Å². The van der Waals surface area contributed by atoms with Crippen LogP contribution in [0.25, 0.3) is 10.9 Å². The van der Waals surface area contributed by atoms with E-state index in [4.69, 9.17) is 4.74 Å². The Hall–Kier alpha value is -5.56. The van der Waals surface area contributed by atoms with E-state index in [1.165, 1.54) is 12.3 Å². The van der Waals surface area contributed by atoms with E-state index >= 15 is 0 Å². The van der Waals surface area contributed by atoms with Crippen molar-refractivity contribution >= 4 is 46.5 Å². The lowest BCUT2D eigenvalue weighted by molar-refractivity contribution is -0.139. The molecule has 4 N–H and O–H groups in total. The highest BCUT2D eigenvalue weighted by Gasteiger charge is 2.47. The van der Waals surface area contributed by atoms with E-state index in [0.29, 0.717) is 127 Å².